The van der Waals surface area contributed by atoms with Crippen LogP contribution in [0.15, 0.2) is 0 Å². The molecule has 1 fully saturated rings. The molecule has 0 aromatic heterocycles. The van der Waals surface area contributed by atoms with E-state index in [0.717, 1.165) is 19.5 Å². The molecule has 0 radical (unpaired) electrons. The smallest absolute Gasteiger partial charge is 0.305 e. The van der Waals surface area contributed by atoms with Crippen molar-refractivity contribution in [1.29, 1.82) is 0 Å². The zero-order chi connectivity index (χ0) is 14.3. The second kappa shape index (κ2) is 9.19. The van der Waals surface area contributed by atoms with Crippen molar-refractivity contribution in [3.8, 4) is 0 Å². The Kier molecular flexibility index (Phi) is 8.81. The standard InChI is InChI=1S/C14H26N2O3.ClH/c1-14(2,8-6-13(18)19-3)16-12(17)5-4-11-7-9-15-10-11;/h11,15H,4-10H2,1-3H3,(H,16,17);1H. The summed E-state index contributed by atoms with van der Waals surface area (Å²) in [5.74, 6) is 0.463. The number of rotatable bonds is 7. The number of methoxy groups -OCH3 is 1. The maximum Gasteiger partial charge on any atom is 0.305 e. The van der Waals surface area contributed by atoms with Crippen LogP contribution in [0.5, 0.6) is 0 Å². The van der Waals surface area contributed by atoms with Crippen molar-refractivity contribution in [3.05, 3.63) is 0 Å². The number of nitrogens with one attached hydrogen (secondary N) is 2. The number of amides is 1. The molecular formula is C14H27ClN2O3. The maximum absolute atomic E-state index is 11.9. The Balaban J connectivity index is 0.00000361. The molecular weight excluding hydrogens is 280 g/mol. The quantitative estimate of drug-likeness (QED) is 0.702. The summed E-state index contributed by atoms with van der Waals surface area (Å²) in [4.78, 5) is 23.0. The van der Waals surface area contributed by atoms with E-state index in [1.54, 1.807) is 0 Å². The van der Waals surface area contributed by atoms with Crippen LogP contribution in [0, 0.1) is 5.92 Å². The number of carbonyl (C=O) groups is 2. The lowest BCUT2D eigenvalue weighted by atomic mass is 9.97. The number of halogens is 1. The molecule has 1 unspecified atom stereocenters. The van der Waals surface area contributed by atoms with Crippen LogP contribution in [-0.2, 0) is 14.3 Å². The zero-order valence-corrected chi connectivity index (χ0v) is 13.5. The summed E-state index contributed by atoms with van der Waals surface area (Å²) in [7, 11) is 1.38. The van der Waals surface area contributed by atoms with Crippen LogP contribution in [0.1, 0.15) is 46.0 Å². The van der Waals surface area contributed by atoms with Gasteiger partial charge in [-0.25, -0.2) is 0 Å². The second-order valence-electron chi connectivity index (χ2n) is 5.91. The largest absolute Gasteiger partial charge is 0.469 e. The molecule has 0 bridgehead atoms. The minimum absolute atomic E-state index is 0. The van der Waals surface area contributed by atoms with Gasteiger partial charge in [0.1, 0.15) is 0 Å². The van der Waals surface area contributed by atoms with Gasteiger partial charge in [-0.1, -0.05) is 0 Å². The third kappa shape index (κ3) is 7.70. The zero-order valence-electron chi connectivity index (χ0n) is 12.7. The first kappa shape index (κ1) is 19.2. The maximum atomic E-state index is 11.9. The van der Waals surface area contributed by atoms with Crippen molar-refractivity contribution < 1.29 is 14.3 Å². The Morgan fingerprint density at radius 2 is 2.05 bits per heavy atom. The average molecular weight is 307 g/mol. The van der Waals surface area contributed by atoms with E-state index < -0.39 is 0 Å². The van der Waals surface area contributed by atoms with Gasteiger partial charge in [0.05, 0.1) is 7.11 Å². The first-order valence-electron chi connectivity index (χ1n) is 7.01. The van der Waals surface area contributed by atoms with Crippen molar-refractivity contribution in [2.45, 2.75) is 51.5 Å². The lowest BCUT2D eigenvalue weighted by Gasteiger charge is -2.26. The summed E-state index contributed by atoms with van der Waals surface area (Å²) in [5, 5.41) is 6.29. The Bertz CT molecular complexity index is 316. The van der Waals surface area contributed by atoms with Gasteiger partial charge in [0.2, 0.25) is 5.91 Å². The summed E-state index contributed by atoms with van der Waals surface area (Å²) < 4.78 is 4.61. The Labute approximate surface area is 127 Å². The molecule has 0 aromatic rings. The minimum atomic E-state index is -0.362. The number of hydrogen-bond donors (Lipinski definition) is 2. The van der Waals surface area contributed by atoms with Crippen LogP contribution in [0.3, 0.4) is 0 Å². The monoisotopic (exact) mass is 306 g/mol. The number of ether oxygens (including phenoxy) is 1. The molecule has 1 aliphatic heterocycles. The number of carbonyl (C=O) groups excluding carboxylic acids is 2. The molecule has 5 nitrogen and oxygen atoms in total. The molecule has 20 heavy (non-hydrogen) atoms. The summed E-state index contributed by atoms with van der Waals surface area (Å²) >= 11 is 0. The van der Waals surface area contributed by atoms with Crippen LogP contribution < -0.4 is 10.6 Å². The van der Waals surface area contributed by atoms with Crippen LogP contribution in [0.2, 0.25) is 0 Å². The SMILES string of the molecule is COC(=O)CCC(C)(C)NC(=O)CCC1CCNC1.Cl. The lowest BCUT2D eigenvalue weighted by molar-refractivity contribution is -0.141. The molecule has 6 heteroatoms. The molecule has 1 amide bonds. The second-order valence-corrected chi connectivity index (χ2v) is 5.91. The van der Waals surface area contributed by atoms with Gasteiger partial charge in [0.25, 0.3) is 0 Å². The van der Waals surface area contributed by atoms with Gasteiger partial charge in [-0.3, -0.25) is 9.59 Å². The normalized spacial score (nSPS) is 18.2. The first-order chi connectivity index (χ1) is 8.93. The van der Waals surface area contributed by atoms with Crippen LogP contribution >= 0.6 is 12.4 Å². The van der Waals surface area contributed by atoms with Crippen LogP contribution in [0.25, 0.3) is 0 Å². The van der Waals surface area contributed by atoms with E-state index in [-0.39, 0.29) is 29.8 Å². The van der Waals surface area contributed by atoms with Crippen molar-refractivity contribution in [3.63, 3.8) is 0 Å². The van der Waals surface area contributed by atoms with Gasteiger partial charge >= 0.3 is 5.97 Å². The molecule has 0 spiro atoms. The van der Waals surface area contributed by atoms with E-state index >= 15 is 0 Å². The van der Waals surface area contributed by atoms with E-state index in [1.165, 1.54) is 13.5 Å². The molecule has 1 saturated heterocycles. The van der Waals surface area contributed by atoms with E-state index in [0.29, 0.717) is 25.2 Å². The molecule has 1 rings (SSSR count). The summed E-state index contributed by atoms with van der Waals surface area (Å²) in [6, 6.07) is 0. The van der Waals surface area contributed by atoms with E-state index in [9.17, 15) is 9.59 Å². The van der Waals surface area contributed by atoms with Crippen molar-refractivity contribution in [1.82, 2.24) is 10.6 Å². The van der Waals surface area contributed by atoms with Crippen molar-refractivity contribution >= 4 is 24.3 Å². The van der Waals surface area contributed by atoms with Crippen LogP contribution in [0.4, 0.5) is 0 Å². The average Bonchev–Trinajstić information content (AvgIpc) is 2.86. The number of esters is 1. The number of hydrogen-bond acceptors (Lipinski definition) is 4. The highest BCUT2D eigenvalue weighted by Crippen LogP contribution is 2.16. The predicted molar refractivity (Wildman–Crippen MR) is 80.9 cm³/mol. The summed E-state index contributed by atoms with van der Waals surface area (Å²) in [6.07, 6.45) is 3.59. The van der Waals surface area contributed by atoms with Gasteiger partial charge in [0, 0.05) is 18.4 Å². The van der Waals surface area contributed by atoms with Gasteiger partial charge in [-0.05, 0) is 52.1 Å². The molecule has 1 atom stereocenters. The van der Waals surface area contributed by atoms with Gasteiger partial charge in [-0.15, -0.1) is 12.4 Å². The van der Waals surface area contributed by atoms with Crippen molar-refractivity contribution in [2.24, 2.45) is 5.92 Å². The molecule has 1 aliphatic rings. The van der Waals surface area contributed by atoms with E-state index in [2.05, 4.69) is 15.4 Å². The summed E-state index contributed by atoms with van der Waals surface area (Å²) in [5.41, 5.74) is -0.362. The van der Waals surface area contributed by atoms with E-state index in [1.807, 2.05) is 13.8 Å². The molecule has 1 heterocycles. The molecule has 0 saturated carbocycles. The highest BCUT2D eigenvalue weighted by Gasteiger charge is 2.22. The van der Waals surface area contributed by atoms with Gasteiger partial charge in [-0.2, -0.15) is 0 Å². The third-order valence-electron chi connectivity index (χ3n) is 3.60. The van der Waals surface area contributed by atoms with Crippen molar-refractivity contribution in [2.75, 3.05) is 20.2 Å². The van der Waals surface area contributed by atoms with Gasteiger partial charge < -0.3 is 15.4 Å². The van der Waals surface area contributed by atoms with Gasteiger partial charge in [0.15, 0.2) is 0 Å². The Hall–Kier alpha value is -0.810. The molecule has 2 N–H and O–H groups in total. The molecule has 118 valence electrons. The highest BCUT2D eigenvalue weighted by molar-refractivity contribution is 5.85. The Morgan fingerprint density at radius 3 is 2.60 bits per heavy atom. The Morgan fingerprint density at radius 1 is 1.35 bits per heavy atom. The molecule has 0 aliphatic carbocycles. The first-order valence-corrected chi connectivity index (χ1v) is 7.01. The summed E-state index contributed by atoms with van der Waals surface area (Å²) in [6.45, 7) is 5.96. The van der Waals surface area contributed by atoms with E-state index in [4.69, 9.17) is 0 Å². The topological polar surface area (TPSA) is 67.4 Å². The van der Waals surface area contributed by atoms with Crippen LogP contribution in [-0.4, -0.2) is 37.6 Å². The highest BCUT2D eigenvalue weighted by atomic mass is 35.5. The third-order valence-corrected chi connectivity index (χ3v) is 3.60. The lowest BCUT2D eigenvalue weighted by Crippen LogP contribution is -2.43. The predicted octanol–water partition coefficient (Wildman–Crippen LogP) is 1.65. The molecule has 0 aromatic carbocycles. The fourth-order valence-electron chi connectivity index (χ4n) is 2.32. The minimum Gasteiger partial charge on any atom is -0.469 e. The fourth-order valence-corrected chi connectivity index (χ4v) is 2.32. The fraction of sp³-hybridized carbons (Fsp3) is 0.857.